The number of hydrogen-bond acceptors (Lipinski definition) is 7. The fourth-order valence-electron chi connectivity index (χ4n) is 3.03. The molecule has 2 aromatic carbocycles. The van der Waals surface area contributed by atoms with Crippen molar-refractivity contribution in [2.75, 3.05) is 0 Å². The highest BCUT2D eigenvalue weighted by Crippen LogP contribution is 2.37. The molecule has 4 rings (SSSR count). The van der Waals surface area contributed by atoms with Crippen LogP contribution < -0.4 is 9.47 Å². The lowest BCUT2D eigenvalue weighted by Crippen LogP contribution is -2.09. The third-order valence-corrected chi connectivity index (χ3v) is 4.45. The number of rotatable bonds is 4. The van der Waals surface area contributed by atoms with E-state index in [9.17, 15) is 19.7 Å². The number of nitro groups is 1. The molecule has 0 fully saturated rings. The van der Waals surface area contributed by atoms with Crippen molar-refractivity contribution in [2.45, 2.75) is 6.92 Å². The van der Waals surface area contributed by atoms with Crippen LogP contribution in [0.15, 0.2) is 66.7 Å². The Bertz CT molecular complexity index is 1200. The maximum Gasteiger partial charge on any atom is 0.345 e. The number of pyridine rings is 1. The molecule has 3 aromatic rings. The molecule has 0 radical (unpaired) electrons. The predicted octanol–water partition coefficient (Wildman–Crippen LogP) is 4.13. The number of nitrogens with zero attached hydrogens (tertiary/aromatic N) is 2. The van der Waals surface area contributed by atoms with E-state index >= 15 is 0 Å². The van der Waals surface area contributed by atoms with E-state index in [-0.39, 0.29) is 28.7 Å². The van der Waals surface area contributed by atoms with Crippen LogP contribution in [0, 0.1) is 17.0 Å². The molecule has 0 bridgehead atoms. The van der Waals surface area contributed by atoms with Crippen molar-refractivity contribution in [1.82, 2.24) is 4.98 Å². The number of non-ortho nitro benzene ring substituents is 1. The molecule has 0 saturated heterocycles. The van der Waals surface area contributed by atoms with Gasteiger partial charge in [-0.3, -0.25) is 19.9 Å². The Labute approximate surface area is 170 Å². The maximum atomic E-state index is 12.7. The highest BCUT2D eigenvalue weighted by atomic mass is 16.6. The third kappa shape index (κ3) is 3.66. The molecule has 148 valence electrons. The number of esters is 1. The van der Waals surface area contributed by atoms with Crippen LogP contribution in [0.3, 0.4) is 0 Å². The van der Waals surface area contributed by atoms with Gasteiger partial charge in [-0.25, -0.2) is 4.79 Å². The Hall–Kier alpha value is -4.33. The minimum absolute atomic E-state index is 0.0463. The van der Waals surface area contributed by atoms with Crippen molar-refractivity contribution < 1.29 is 24.0 Å². The number of hydrogen-bond donors (Lipinski definition) is 0. The number of aromatic nitrogens is 1. The molecule has 8 nitrogen and oxygen atoms in total. The Morgan fingerprint density at radius 1 is 1.20 bits per heavy atom. The number of carbonyl (C=O) groups excluding carboxylic acids is 2. The summed E-state index contributed by atoms with van der Waals surface area (Å²) in [5.74, 6) is -0.288. The number of Topliss-reactive ketones (excluding diaryl/α,β-unsaturated/α-hetero) is 1. The average Bonchev–Trinajstić information content (AvgIpc) is 3.04. The second kappa shape index (κ2) is 7.59. The topological polar surface area (TPSA) is 109 Å². The largest absolute Gasteiger partial charge is 0.452 e. The van der Waals surface area contributed by atoms with E-state index < -0.39 is 10.9 Å². The van der Waals surface area contributed by atoms with Crippen LogP contribution in [0.4, 0.5) is 5.69 Å². The lowest BCUT2D eigenvalue weighted by Gasteiger charge is -2.07. The minimum atomic E-state index is -0.576. The van der Waals surface area contributed by atoms with E-state index in [1.807, 2.05) is 0 Å². The van der Waals surface area contributed by atoms with Gasteiger partial charge in [-0.15, -0.1) is 0 Å². The Morgan fingerprint density at radius 3 is 2.63 bits per heavy atom. The number of aryl methyl sites for hydroxylation is 1. The number of benzene rings is 2. The highest BCUT2D eigenvalue weighted by Gasteiger charge is 2.30. The van der Waals surface area contributed by atoms with Crippen molar-refractivity contribution in [3.8, 4) is 11.5 Å². The van der Waals surface area contributed by atoms with E-state index in [1.54, 1.807) is 31.3 Å². The standard InChI is InChI=1S/C22H14N2O6/c1-13-9-17(29-22(26)15-3-2-8-23-12-15)11-18-20(13)21(25)19(30-18)10-14-4-6-16(7-5-14)24(27)28/h2-12H,1H3/b19-10-. The molecule has 2 heterocycles. The molecule has 0 spiro atoms. The summed E-state index contributed by atoms with van der Waals surface area (Å²) in [6.07, 6.45) is 4.45. The van der Waals surface area contributed by atoms with Crippen LogP contribution in [0.5, 0.6) is 11.5 Å². The van der Waals surface area contributed by atoms with E-state index in [1.165, 1.54) is 42.6 Å². The number of allylic oxidation sites excluding steroid dienone is 1. The van der Waals surface area contributed by atoms with Crippen LogP contribution >= 0.6 is 0 Å². The van der Waals surface area contributed by atoms with E-state index in [0.29, 0.717) is 22.3 Å². The van der Waals surface area contributed by atoms with Gasteiger partial charge in [0.05, 0.1) is 16.1 Å². The first-order valence-electron chi connectivity index (χ1n) is 8.88. The fraction of sp³-hybridized carbons (Fsp3) is 0.0455. The second-order valence-electron chi connectivity index (χ2n) is 6.53. The van der Waals surface area contributed by atoms with Gasteiger partial charge in [0.1, 0.15) is 11.5 Å². The molecule has 0 unspecified atom stereocenters. The Kier molecular flexibility index (Phi) is 4.81. The van der Waals surface area contributed by atoms with E-state index in [2.05, 4.69) is 4.98 Å². The second-order valence-corrected chi connectivity index (χ2v) is 6.53. The van der Waals surface area contributed by atoms with Crippen LogP contribution in [0.25, 0.3) is 6.08 Å². The van der Waals surface area contributed by atoms with Gasteiger partial charge in [-0.1, -0.05) is 0 Å². The predicted molar refractivity (Wildman–Crippen MR) is 106 cm³/mol. The molecular formula is C22H14N2O6. The smallest absolute Gasteiger partial charge is 0.345 e. The van der Waals surface area contributed by atoms with Gasteiger partial charge < -0.3 is 9.47 Å². The summed E-state index contributed by atoms with van der Waals surface area (Å²) in [5.41, 5.74) is 1.81. The molecule has 0 atom stereocenters. The van der Waals surface area contributed by atoms with Crippen LogP contribution in [-0.4, -0.2) is 21.7 Å². The van der Waals surface area contributed by atoms with Crippen LogP contribution in [0.1, 0.15) is 31.8 Å². The zero-order valence-corrected chi connectivity index (χ0v) is 15.7. The molecule has 8 heteroatoms. The maximum absolute atomic E-state index is 12.7. The number of fused-ring (bicyclic) bond motifs is 1. The highest BCUT2D eigenvalue weighted by molar-refractivity contribution is 6.15. The Balaban J connectivity index is 1.59. The third-order valence-electron chi connectivity index (χ3n) is 4.45. The van der Waals surface area contributed by atoms with Gasteiger partial charge in [-0.05, 0) is 54.5 Å². The van der Waals surface area contributed by atoms with Crippen molar-refractivity contribution in [2.24, 2.45) is 0 Å². The summed E-state index contributed by atoms with van der Waals surface area (Å²) < 4.78 is 11.1. The normalized spacial score (nSPS) is 13.6. The molecule has 0 N–H and O–H groups in total. The van der Waals surface area contributed by atoms with Gasteiger partial charge in [0.25, 0.3) is 5.69 Å². The zero-order chi connectivity index (χ0) is 21.3. The summed E-state index contributed by atoms with van der Waals surface area (Å²) in [6, 6.07) is 12.0. The number of ether oxygens (including phenoxy) is 2. The average molecular weight is 402 g/mol. The van der Waals surface area contributed by atoms with Gasteiger partial charge in [0.2, 0.25) is 5.78 Å². The quantitative estimate of drug-likeness (QED) is 0.212. The number of nitro benzene ring substituents is 1. The van der Waals surface area contributed by atoms with Crippen molar-refractivity contribution >= 4 is 23.5 Å². The molecule has 1 aliphatic rings. The van der Waals surface area contributed by atoms with Crippen LogP contribution in [-0.2, 0) is 0 Å². The summed E-state index contributed by atoms with van der Waals surface area (Å²) >= 11 is 0. The van der Waals surface area contributed by atoms with E-state index in [0.717, 1.165) is 0 Å². The molecule has 0 saturated carbocycles. The number of carbonyl (C=O) groups is 2. The molecule has 1 aliphatic heterocycles. The monoisotopic (exact) mass is 402 g/mol. The fourth-order valence-corrected chi connectivity index (χ4v) is 3.03. The van der Waals surface area contributed by atoms with Gasteiger partial charge in [0, 0.05) is 30.6 Å². The first kappa shape index (κ1) is 19.0. The summed E-state index contributed by atoms with van der Waals surface area (Å²) in [6.45, 7) is 1.72. The number of ketones is 1. The SMILES string of the molecule is Cc1cc(OC(=O)c2cccnc2)cc2c1C(=O)/C(=C/c1ccc([N+](=O)[O-])cc1)O2. The van der Waals surface area contributed by atoms with Crippen molar-refractivity contribution in [1.29, 1.82) is 0 Å². The van der Waals surface area contributed by atoms with Crippen LogP contribution in [0.2, 0.25) is 0 Å². The first-order valence-corrected chi connectivity index (χ1v) is 8.88. The summed E-state index contributed by atoms with van der Waals surface area (Å²) in [4.78, 5) is 39.1. The molecule has 1 aromatic heterocycles. The minimum Gasteiger partial charge on any atom is -0.452 e. The zero-order valence-electron chi connectivity index (χ0n) is 15.7. The van der Waals surface area contributed by atoms with Gasteiger partial charge >= 0.3 is 5.97 Å². The van der Waals surface area contributed by atoms with Crippen molar-refractivity contribution in [3.05, 3.63) is 99.1 Å². The van der Waals surface area contributed by atoms with Gasteiger partial charge in [-0.2, -0.15) is 0 Å². The summed E-state index contributed by atoms with van der Waals surface area (Å²) in [5, 5.41) is 10.8. The van der Waals surface area contributed by atoms with Crippen molar-refractivity contribution in [3.63, 3.8) is 0 Å². The van der Waals surface area contributed by atoms with E-state index in [4.69, 9.17) is 9.47 Å². The lowest BCUT2D eigenvalue weighted by atomic mass is 10.0. The molecular weight excluding hydrogens is 388 g/mol. The molecule has 0 amide bonds. The molecule has 0 aliphatic carbocycles. The summed E-state index contributed by atoms with van der Waals surface area (Å²) in [7, 11) is 0. The molecule has 30 heavy (non-hydrogen) atoms. The van der Waals surface area contributed by atoms with Gasteiger partial charge in [0.15, 0.2) is 5.76 Å². The lowest BCUT2D eigenvalue weighted by molar-refractivity contribution is -0.384. The first-order chi connectivity index (χ1) is 14.4. The Morgan fingerprint density at radius 2 is 1.97 bits per heavy atom.